The van der Waals surface area contributed by atoms with Crippen LogP contribution in [0.3, 0.4) is 0 Å². The van der Waals surface area contributed by atoms with Crippen molar-refractivity contribution in [3.63, 3.8) is 0 Å². The Balaban J connectivity index is 1.58. The van der Waals surface area contributed by atoms with E-state index < -0.39 is 11.9 Å². The molecule has 5 rings (SSSR count). The average Bonchev–Trinajstić information content (AvgIpc) is 3.80. The fourth-order valence-corrected chi connectivity index (χ4v) is 8.27. The number of carboxylic acids is 2. The van der Waals surface area contributed by atoms with Crippen LogP contribution in [0.5, 0.6) is 0 Å². The second kappa shape index (κ2) is 18.2. The van der Waals surface area contributed by atoms with E-state index in [4.69, 9.17) is 9.97 Å². The maximum absolute atomic E-state index is 12.7. The summed E-state index contributed by atoms with van der Waals surface area (Å²) in [6.07, 6.45) is 14.4. The Hall–Kier alpha value is -4.24. The summed E-state index contributed by atoms with van der Waals surface area (Å²) in [5, 5.41) is 23.8. The van der Waals surface area contributed by atoms with Crippen LogP contribution >= 0.6 is 0 Å². The fourth-order valence-electron chi connectivity index (χ4n) is 8.27. The van der Waals surface area contributed by atoms with Crippen molar-refractivity contribution in [1.29, 1.82) is 0 Å². The number of aromatic amines is 2. The van der Waals surface area contributed by atoms with Gasteiger partial charge in [0.15, 0.2) is 0 Å². The van der Waals surface area contributed by atoms with Gasteiger partial charge in [-0.25, -0.2) is 9.78 Å². The largest absolute Gasteiger partial charge is 0.481 e. The first-order valence-corrected chi connectivity index (χ1v) is 20.1. The van der Waals surface area contributed by atoms with Gasteiger partial charge in [-0.05, 0) is 105 Å². The van der Waals surface area contributed by atoms with Crippen molar-refractivity contribution in [2.45, 2.75) is 150 Å². The smallest absolute Gasteiger partial charge is 0.338 e. The molecule has 53 heavy (non-hydrogen) atoms. The second-order valence-electron chi connectivity index (χ2n) is 15.3. The summed E-state index contributed by atoms with van der Waals surface area (Å²) in [6.45, 7) is 16.2. The number of unbranched alkanes of at least 4 members (excludes halogenated alkanes) is 9. The highest BCUT2D eigenvalue weighted by Gasteiger charge is 2.33. The van der Waals surface area contributed by atoms with Gasteiger partial charge in [-0.3, -0.25) is 9.78 Å². The van der Waals surface area contributed by atoms with E-state index in [2.05, 4.69) is 62.0 Å². The van der Waals surface area contributed by atoms with E-state index in [1.807, 2.05) is 19.9 Å². The van der Waals surface area contributed by atoms with E-state index >= 15 is 0 Å². The van der Waals surface area contributed by atoms with Crippen molar-refractivity contribution in [3.05, 3.63) is 68.8 Å². The zero-order chi connectivity index (χ0) is 38.2. The summed E-state index contributed by atoms with van der Waals surface area (Å²) in [5.74, 6) is -2.17. The molecule has 0 amide bonds. The van der Waals surface area contributed by atoms with Crippen molar-refractivity contribution in [3.8, 4) is 0 Å². The third-order valence-electron chi connectivity index (χ3n) is 11.6. The topological polar surface area (TPSA) is 144 Å². The number of carboxylic acid groups (broad SMARTS) is 2. The van der Waals surface area contributed by atoms with E-state index in [1.165, 1.54) is 68.9 Å². The highest BCUT2D eigenvalue weighted by Crippen LogP contribution is 2.43. The summed E-state index contributed by atoms with van der Waals surface area (Å²) >= 11 is 0. The molecular weight excluding hydrogens is 663 g/mol. The lowest BCUT2D eigenvalue weighted by Gasteiger charge is -2.16. The Morgan fingerprint density at radius 1 is 0.755 bits per heavy atom. The lowest BCUT2D eigenvalue weighted by molar-refractivity contribution is -0.137. The number of rotatable bonds is 18. The van der Waals surface area contributed by atoms with Crippen LogP contribution in [0.15, 0.2) is 18.2 Å². The third-order valence-corrected chi connectivity index (χ3v) is 11.6. The molecule has 0 saturated heterocycles. The Labute approximate surface area is 315 Å². The molecule has 8 bridgehead atoms. The molecule has 9 nitrogen and oxygen atoms in total. The number of nitrogens with zero attached hydrogens (tertiary/aromatic N) is 2. The Bertz CT molecular complexity index is 2000. The van der Waals surface area contributed by atoms with E-state index in [0.29, 0.717) is 34.6 Å². The van der Waals surface area contributed by atoms with E-state index in [1.54, 1.807) is 0 Å². The van der Waals surface area contributed by atoms with Gasteiger partial charge in [-0.1, -0.05) is 78.6 Å². The molecule has 0 saturated carbocycles. The number of hydrogen-bond donors (Lipinski definition) is 5. The number of allylic oxidation sites excluding steroid dienone is 1. The molecule has 0 aliphatic carbocycles. The molecule has 3 aromatic heterocycles. The number of nitrogens with one attached hydrogen (secondary N) is 3. The van der Waals surface area contributed by atoms with Crippen molar-refractivity contribution < 1.29 is 19.8 Å². The van der Waals surface area contributed by atoms with Crippen LogP contribution in [0.2, 0.25) is 0 Å². The summed E-state index contributed by atoms with van der Waals surface area (Å²) in [4.78, 5) is 42.0. The summed E-state index contributed by atoms with van der Waals surface area (Å²) in [6, 6.07) is 6.28. The summed E-state index contributed by atoms with van der Waals surface area (Å²) < 4.78 is 0. The van der Waals surface area contributed by atoms with Crippen LogP contribution in [-0.4, -0.2) is 48.6 Å². The molecule has 2 aliphatic heterocycles. The number of carbonyl (C=O) groups is 2. The van der Waals surface area contributed by atoms with Crippen molar-refractivity contribution >= 4 is 45.2 Å². The van der Waals surface area contributed by atoms with Gasteiger partial charge in [0.05, 0.1) is 17.0 Å². The van der Waals surface area contributed by atoms with Gasteiger partial charge in [-0.2, -0.15) is 0 Å². The molecule has 5 heterocycles. The minimum absolute atomic E-state index is 0.00352. The number of fused-ring (bicyclic) bond motifs is 8. The first-order valence-electron chi connectivity index (χ1n) is 20.1. The molecular formula is C44H61N5O4. The monoisotopic (exact) mass is 723 g/mol. The first-order chi connectivity index (χ1) is 25.5. The molecule has 0 fully saturated rings. The average molecular weight is 724 g/mol. The number of hydrogen-bond acceptors (Lipinski definition) is 5. The first kappa shape index (κ1) is 40.0. The maximum Gasteiger partial charge on any atom is 0.338 e. The highest BCUT2D eigenvalue weighted by atomic mass is 16.4. The predicted molar refractivity (Wildman–Crippen MR) is 216 cm³/mol. The molecule has 0 aromatic carbocycles. The highest BCUT2D eigenvalue weighted by molar-refractivity contribution is 6.24. The number of H-pyrrole nitrogens is 2. The molecule has 0 radical (unpaired) electrons. The van der Waals surface area contributed by atoms with E-state index in [-0.39, 0.29) is 23.8 Å². The van der Waals surface area contributed by atoms with E-state index in [0.717, 1.165) is 64.8 Å². The lowest BCUT2D eigenvalue weighted by Crippen LogP contribution is -2.15. The SMILES string of the molecule is CCCCCCCCCCCCNCc1c(C)c2cc3nc(c(C)c4nc(cc5[nH]c(cc1[nH]2)c(C)c5CC)C(C)=C4C(=O)O)[C@@H](CCC(=O)O)[C@@H]3C. The molecule has 3 aromatic rings. The van der Waals surface area contributed by atoms with Crippen molar-refractivity contribution in [2.24, 2.45) is 0 Å². The van der Waals surface area contributed by atoms with Gasteiger partial charge in [0, 0.05) is 58.3 Å². The molecule has 286 valence electrons. The number of aryl methyl sites for hydroxylation is 3. The van der Waals surface area contributed by atoms with Gasteiger partial charge < -0.3 is 25.5 Å². The molecule has 0 spiro atoms. The minimum atomic E-state index is -1.04. The van der Waals surface area contributed by atoms with Crippen LogP contribution in [0.25, 0.3) is 33.2 Å². The van der Waals surface area contributed by atoms with Gasteiger partial charge in [0.2, 0.25) is 0 Å². The van der Waals surface area contributed by atoms with Crippen molar-refractivity contribution in [2.75, 3.05) is 6.54 Å². The zero-order valence-corrected chi connectivity index (χ0v) is 33.1. The van der Waals surface area contributed by atoms with Gasteiger partial charge in [0.1, 0.15) is 0 Å². The van der Waals surface area contributed by atoms with Crippen LogP contribution < -0.4 is 5.32 Å². The summed E-state index contributed by atoms with van der Waals surface area (Å²) in [5.41, 5.74) is 12.6. The van der Waals surface area contributed by atoms with Crippen LogP contribution in [-0.2, 0) is 22.6 Å². The lowest BCUT2D eigenvalue weighted by atomic mass is 9.85. The van der Waals surface area contributed by atoms with E-state index in [9.17, 15) is 19.8 Å². The second-order valence-corrected chi connectivity index (χ2v) is 15.3. The molecule has 0 unspecified atom stereocenters. The number of aliphatic carboxylic acids is 2. The predicted octanol–water partition coefficient (Wildman–Crippen LogP) is 10.6. The van der Waals surface area contributed by atoms with Crippen LogP contribution in [0.1, 0.15) is 167 Å². The van der Waals surface area contributed by atoms with Crippen LogP contribution in [0, 0.1) is 20.8 Å². The molecule has 2 aliphatic rings. The third kappa shape index (κ3) is 9.11. The zero-order valence-electron chi connectivity index (χ0n) is 33.1. The maximum atomic E-state index is 12.7. The van der Waals surface area contributed by atoms with Crippen LogP contribution in [0.4, 0.5) is 0 Å². The Morgan fingerprint density at radius 2 is 1.36 bits per heavy atom. The molecule has 9 heteroatoms. The van der Waals surface area contributed by atoms with Crippen molar-refractivity contribution in [1.82, 2.24) is 25.3 Å². The minimum Gasteiger partial charge on any atom is -0.481 e. The molecule has 2 atom stereocenters. The number of aromatic nitrogens is 4. The van der Waals surface area contributed by atoms with Gasteiger partial charge in [-0.15, -0.1) is 0 Å². The standard InChI is InChI=1S/C44H61N5O4/c1-8-10-11-12-13-14-15-16-17-18-21-45-25-33-28(5)34-22-36-27(4)32(19-20-40(50)51)42(48-36)30(7)43-41(44(52)53)29(6)37(49-43)24-38-31(9-2)26(3)35(46-38)23-39(33)47-34/h22-24,27,32,45-47H,8-21,25H2,1-7H3,(H,50,51)(H,52,53)/t27-,32-/m0/s1. The fraction of sp³-hybridized carbons (Fsp3) is 0.545. The Morgan fingerprint density at radius 3 is 1.98 bits per heavy atom. The Kier molecular flexibility index (Phi) is 13.7. The van der Waals surface area contributed by atoms with Gasteiger partial charge >= 0.3 is 11.9 Å². The quantitative estimate of drug-likeness (QED) is 0.0822. The van der Waals surface area contributed by atoms with Gasteiger partial charge in [0.25, 0.3) is 0 Å². The molecule has 5 N–H and O–H groups in total. The summed E-state index contributed by atoms with van der Waals surface area (Å²) in [7, 11) is 0. The normalized spacial score (nSPS) is 15.8.